The lowest BCUT2D eigenvalue weighted by atomic mass is 10.1. The molecule has 2 aromatic carbocycles. The highest BCUT2D eigenvalue weighted by molar-refractivity contribution is 8.00. The third-order valence-corrected chi connectivity index (χ3v) is 5.04. The molecule has 27 heavy (non-hydrogen) atoms. The van der Waals surface area contributed by atoms with Crippen molar-refractivity contribution in [2.45, 2.75) is 11.6 Å². The molecule has 1 heterocycles. The Labute approximate surface area is 167 Å². The van der Waals surface area contributed by atoms with Gasteiger partial charge in [-0.05, 0) is 29.8 Å². The molecule has 0 fully saturated rings. The standard InChI is InChI=1S/C21H16ClN3OS/c22-18-9-6-16(7-10-18)19-11-8-17(12-23)21(25-19)27-14-20(26)24-13-15-4-2-1-3-5-15/h1-11H,13-14H2,(H,24,26). The highest BCUT2D eigenvalue weighted by Gasteiger charge is 2.10. The Balaban J connectivity index is 1.66. The predicted octanol–water partition coefficient (Wildman–Crippen LogP) is 4.68. The molecular formula is C21H16ClN3OS. The highest BCUT2D eigenvalue weighted by atomic mass is 35.5. The Morgan fingerprint density at radius 3 is 2.52 bits per heavy atom. The van der Waals surface area contributed by atoms with Crippen LogP contribution in [0.15, 0.2) is 71.8 Å². The number of rotatable bonds is 6. The van der Waals surface area contributed by atoms with Crippen LogP contribution in [-0.4, -0.2) is 16.6 Å². The van der Waals surface area contributed by atoms with E-state index in [1.807, 2.05) is 42.5 Å². The van der Waals surface area contributed by atoms with Crippen LogP contribution in [0.2, 0.25) is 5.02 Å². The molecule has 4 nitrogen and oxygen atoms in total. The van der Waals surface area contributed by atoms with Crippen LogP contribution in [0.25, 0.3) is 11.3 Å². The molecule has 6 heteroatoms. The number of carbonyl (C=O) groups excluding carboxylic acids is 1. The van der Waals surface area contributed by atoms with Crippen LogP contribution in [0, 0.1) is 11.3 Å². The number of hydrogen-bond donors (Lipinski definition) is 1. The zero-order valence-electron chi connectivity index (χ0n) is 14.4. The van der Waals surface area contributed by atoms with Crippen molar-refractivity contribution in [3.63, 3.8) is 0 Å². The first kappa shape index (κ1) is 19.0. The van der Waals surface area contributed by atoms with Gasteiger partial charge in [-0.25, -0.2) is 4.98 Å². The van der Waals surface area contributed by atoms with E-state index in [4.69, 9.17) is 11.6 Å². The van der Waals surface area contributed by atoms with Crippen molar-refractivity contribution in [1.82, 2.24) is 10.3 Å². The fourth-order valence-corrected chi connectivity index (χ4v) is 3.33. The lowest BCUT2D eigenvalue weighted by Crippen LogP contribution is -2.24. The molecule has 0 spiro atoms. The predicted molar refractivity (Wildman–Crippen MR) is 108 cm³/mol. The van der Waals surface area contributed by atoms with E-state index in [1.54, 1.807) is 24.3 Å². The van der Waals surface area contributed by atoms with Crippen molar-refractivity contribution in [1.29, 1.82) is 5.26 Å². The number of nitrogens with one attached hydrogen (secondary N) is 1. The second-order valence-corrected chi connectivity index (χ2v) is 7.12. The fraction of sp³-hybridized carbons (Fsp3) is 0.0952. The number of halogens is 1. The van der Waals surface area contributed by atoms with Gasteiger partial charge in [0.25, 0.3) is 0 Å². The second kappa shape index (κ2) is 9.22. The van der Waals surface area contributed by atoms with E-state index >= 15 is 0 Å². The van der Waals surface area contributed by atoms with Crippen molar-refractivity contribution in [3.8, 4) is 17.3 Å². The Morgan fingerprint density at radius 2 is 1.81 bits per heavy atom. The van der Waals surface area contributed by atoms with Crippen LogP contribution in [0.1, 0.15) is 11.1 Å². The summed E-state index contributed by atoms with van der Waals surface area (Å²) >= 11 is 7.18. The van der Waals surface area contributed by atoms with Crippen molar-refractivity contribution >= 4 is 29.3 Å². The molecule has 0 aliphatic carbocycles. The van der Waals surface area contributed by atoms with Crippen LogP contribution in [0.3, 0.4) is 0 Å². The topological polar surface area (TPSA) is 65.8 Å². The Morgan fingerprint density at radius 1 is 1.07 bits per heavy atom. The Kier molecular flexibility index (Phi) is 6.48. The van der Waals surface area contributed by atoms with Gasteiger partial charge in [-0.1, -0.05) is 65.8 Å². The SMILES string of the molecule is N#Cc1ccc(-c2ccc(Cl)cc2)nc1SCC(=O)NCc1ccccc1. The summed E-state index contributed by atoms with van der Waals surface area (Å²) in [7, 11) is 0. The maximum Gasteiger partial charge on any atom is 0.230 e. The molecule has 0 atom stereocenters. The number of nitrogens with zero attached hydrogens (tertiary/aromatic N) is 2. The number of hydrogen-bond acceptors (Lipinski definition) is 4. The minimum Gasteiger partial charge on any atom is -0.351 e. The molecule has 1 aromatic heterocycles. The molecule has 0 unspecified atom stereocenters. The molecule has 0 aliphatic heterocycles. The van der Waals surface area contributed by atoms with E-state index < -0.39 is 0 Å². The minimum atomic E-state index is -0.105. The molecule has 0 bridgehead atoms. The summed E-state index contributed by atoms with van der Waals surface area (Å²) in [6.45, 7) is 0.476. The van der Waals surface area contributed by atoms with Crippen molar-refractivity contribution in [3.05, 3.63) is 82.9 Å². The van der Waals surface area contributed by atoms with Gasteiger partial charge in [-0.2, -0.15) is 5.26 Å². The lowest BCUT2D eigenvalue weighted by molar-refractivity contribution is -0.118. The number of carbonyl (C=O) groups is 1. The summed E-state index contributed by atoms with van der Waals surface area (Å²) in [4.78, 5) is 16.7. The van der Waals surface area contributed by atoms with Gasteiger partial charge in [0.05, 0.1) is 17.0 Å². The normalized spacial score (nSPS) is 10.2. The maximum absolute atomic E-state index is 12.1. The zero-order valence-corrected chi connectivity index (χ0v) is 15.9. The van der Waals surface area contributed by atoms with Crippen LogP contribution in [0.5, 0.6) is 0 Å². The minimum absolute atomic E-state index is 0.105. The van der Waals surface area contributed by atoms with E-state index in [1.165, 1.54) is 11.8 Å². The Bertz CT molecular complexity index is 969. The number of pyridine rings is 1. The summed E-state index contributed by atoms with van der Waals surface area (Å²) < 4.78 is 0. The summed E-state index contributed by atoms with van der Waals surface area (Å²) in [5.74, 6) is 0.0879. The van der Waals surface area contributed by atoms with E-state index in [0.717, 1.165) is 16.8 Å². The van der Waals surface area contributed by atoms with E-state index in [2.05, 4.69) is 16.4 Å². The monoisotopic (exact) mass is 393 g/mol. The quantitative estimate of drug-likeness (QED) is 0.617. The fourth-order valence-electron chi connectivity index (χ4n) is 2.40. The molecule has 1 amide bonds. The summed E-state index contributed by atoms with van der Waals surface area (Å²) in [6.07, 6.45) is 0. The van der Waals surface area contributed by atoms with Gasteiger partial charge < -0.3 is 5.32 Å². The molecular weight excluding hydrogens is 378 g/mol. The first-order valence-corrected chi connectivity index (χ1v) is 9.62. The molecule has 1 N–H and O–H groups in total. The summed E-state index contributed by atoms with van der Waals surface area (Å²) in [5, 5.41) is 13.4. The molecule has 3 aromatic rings. The third kappa shape index (κ3) is 5.33. The van der Waals surface area contributed by atoms with Crippen LogP contribution in [-0.2, 0) is 11.3 Å². The van der Waals surface area contributed by atoms with Crippen molar-refractivity contribution in [2.24, 2.45) is 0 Å². The van der Waals surface area contributed by atoms with Crippen molar-refractivity contribution in [2.75, 3.05) is 5.75 Å². The lowest BCUT2D eigenvalue weighted by Gasteiger charge is -2.08. The van der Waals surface area contributed by atoms with Crippen LogP contribution in [0.4, 0.5) is 0 Å². The molecule has 134 valence electrons. The number of amides is 1. The average molecular weight is 394 g/mol. The Hall–Kier alpha value is -2.81. The smallest absolute Gasteiger partial charge is 0.230 e. The van der Waals surface area contributed by atoms with Gasteiger partial charge in [0.15, 0.2) is 0 Å². The average Bonchev–Trinajstić information content (AvgIpc) is 2.72. The van der Waals surface area contributed by atoms with E-state index in [9.17, 15) is 10.1 Å². The highest BCUT2D eigenvalue weighted by Crippen LogP contribution is 2.26. The van der Waals surface area contributed by atoms with Gasteiger partial charge in [0.2, 0.25) is 5.91 Å². The number of aromatic nitrogens is 1. The number of thioether (sulfide) groups is 1. The first-order chi connectivity index (χ1) is 13.2. The van der Waals surface area contributed by atoms with E-state index in [0.29, 0.717) is 22.2 Å². The van der Waals surface area contributed by atoms with Crippen LogP contribution >= 0.6 is 23.4 Å². The zero-order chi connectivity index (χ0) is 19.1. The molecule has 0 saturated heterocycles. The van der Waals surface area contributed by atoms with Gasteiger partial charge in [-0.15, -0.1) is 0 Å². The molecule has 3 rings (SSSR count). The summed E-state index contributed by atoms with van der Waals surface area (Å²) in [5.41, 5.74) is 3.13. The molecule has 0 saturated carbocycles. The van der Waals surface area contributed by atoms with Gasteiger partial charge in [0.1, 0.15) is 11.1 Å². The molecule has 0 radical (unpaired) electrons. The third-order valence-electron chi connectivity index (χ3n) is 3.79. The summed E-state index contributed by atoms with van der Waals surface area (Å²) in [6, 6.07) is 22.7. The molecule has 0 aliphatic rings. The number of nitriles is 1. The van der Waals surface area contributed by atoms with Crippen molar-refractivity contribution < 1.29 is 4.79 Å². The maximum atomic E-state index is 12.1. The number of benzene rings is 2. The van der Waals surface area contributed by atoms with Gasteiger partial charge in [0, 0.05) is 17.1 Å². The van der Waals surface area contributed by atoms with Crippen LogP contribution < -0.4 is 5.32 Å². The van der Waals surface area contributed by atoms with Gasteiger partial charge >= 0.3 is 0 Å². The first-order valence-electron chi connectivity index (χ1n) is 8.26. The second-order valence-electron chi connectivity index (χ2n) is 5.72. The largest absolute Gasteiger partial charge is 0.351 e. The van der Waals surface area contributed by atoms with E-state index in [-0.39, 0.29) is 11.7 Å². The van der Waals surface area contributed by atoms with Gasteiger partial charge in [-0.3, -0.25) is 4.79 Å².